The van der Waals surface area contributed by atoms with E-state index in [1.54, 1.807) is 0 Å². The second-order valence-electron chi connectivity index (χ2n) is 3.56. The number of nitrogens with two attached hydrogens (primary N) is 1. The van der Waals surface area contributed by atoms with Crippen LogP contribution in [0.1, 0.15) is 10.4 Å². The molecule has 0 saturated carbocycles. The molecule has 0 aliphatic carbocycles. The van der Waals surface area contributed by atoms with E-state index in [0.717, 1.165) is 0 Å². The Bertz CT molecular complexity index is 504. The van der Waals surface area contributed by atoms with Gasteiger partial charge in [-0.3, -0.25) is 19.1 Å². The zero-order chi connectivity index (χ0) is 13.7. The number of nitrogens with one attached hydrogen (secondary N) is 1. The SMILES string of the molecule is CS(=O)CCNc1cc(C(N)=O)ccc1[N+](=O)[O-]. The highest BCUT2D eigenvalue weighted by Crippen LogP contribution is 2.25. The van der Waals surface area contributed by atoms with Crippen molar-refractivity contribution in [3.63, 3.8) is 0 Å². The first kappa shape index (κ1) is 14.1. The fourth-order valence-corrected chi connectivity index (χ4v) is 1.71. The normalized spacial score (nSPS) is 11.8. The second kappa shape index (κ2) is 6.10. The van der Waals surface area contributed by atoms with Gasteiger partial charge in [0.2, 0.25) is 5.91 Å². The van der Waals surface area contributed by atoms with Gasteiger partial charge in [0, 0.05) is 41.0 Å². The summed E-state index contributed by atoms with van der Waals surface area (Å²) in [6.07, 6.45) is 1.54. The lowest BCUT2D eigenvalue weighted by Gasteiger charge is -2.07. The van der Waals surface area contributed by atoms with Crippen molar-refractivity contribution in [2.24, 2.45) is 5.73 Å². The number of benzene rings is 1. The molecule has 0 bridgehead atoms. The molecule has 0 spiro atoms. The molecule has 1 amide bonds. The monoisotopic (exact) mass is 271 g/mol. The van der Waals surface area contributed by atoms with Gasteiger partial charge in [0.25, 0.3) is 5.69 Å². The van der Waals surface area contributed by atoms with Crippen LogP contribution in [0.3, 0.4) is 0 Å². The number of nitrogens with zero attached hydrogens (tertiary/aromatic N) is 1. The van der Waals surface area contributed by atoms with Crippen LogP contribution in [0, 0.1) is 10.1 Å². The van der Waals surface area contributed by atoms with Crippen molar-refractivity contribution >= 4 is 28.1 Å². The zero-order valence-corrected chi connectivity index (χ0v) is 10.5. The fraction of sp³-hybridized carbons (Fsp3) is 0.300. The van der Waals surface area contributed by atoms with Gasteiger partial charge in [-0.05, 0) is 12.1 Å². The fourth-order valence-electron chi connectivity index (χ4n) is 1.32. The van der Waals surface area contributed by atoms with E-state index in [-0.39, 0.29) is 16.9 Å². The lowest BCUT2D eigenvalue weighted by atomic mass is 10.1. The highest BCUT2D eigenvalue weighted by Gasteiger charge is 2.15. The summed E-state index contributed by atoms with van der Waals surface area (Å²) < 4.78 is 10.9. The highest BCUT2D eigenvalue weighted by atomic mass is 32.2. The van der Waals surface area contributed by atoms with Crippen molar-refractivity contribution in [3.05, 3.63) is 33.9 Å². The quantitative estimate of drug-likeness (QED) is 0.577. The number of hydrogen-bond acceptors (Lipinski definition) is 5. The van der Waals surface area contributed by atoms with Crippen molar-refractivity contribution < 1.29 is 13.9 Å². The number of anilines is 1. The zero-order valence-electron chi connectivity index (χ0n) is 9.71. The van der Waals surface area contributed by atoms with E-state index in [9.17, 15) is 19.1 Å². The number of carbonyl (C=O) groups is 1. The molecule has 1 atom stereocenters. The summed E-state index contributed by atoms with van der Waals surface area (Å²) >= 11 is 0. The predicted octanol–water partition coefficient (Wildman–Crippen LogP) is 0.484. The Balaban J connectivity index is 2.96. The first-order valence-electron chi connectivity index (χ1n) is 5.04. The average molecular weight is 271 g/mol. The second-order valence-corrected chi connectivity index (χ2v) is 5.11. The summed E-state index contributed by atoms with van der Waals surface area (Å²) in [6, 6.07) is 3.83. The Morgan fingerprint density at radius 3 is 2.72 bits per heavy atom. The maximum absolute atomic E-state index is 11.0. The van der Waals surface area contributed by atoms with E-state index < -0.39 is 21.6 Å². The van der Waals surface area contributed by atoms with Crippen LogP contribution in [-0.2, 0) is 10.8 Å². The van der Waals surface area contributed by atoms with Gasteiger partial charge in [-0.2, -0.15) is 0 Å². The van der Waals surface area contributed by atoms with Crippen molar-refractivity contribution in [2.45, 2.75) is 0 Å². The van der Waals surface area contributed by atoms with E-state index in [2.05, 4.69) is 5.32 Å². The molecule has 8 heteroatoms. The van der Waals surface area contributed by atoms with E-state index in [4.69, 9.17) is 5.73 Å². The first-order valence-corrected chi connectivity index (χ1v) is 6.76. The van der Waals surface area contributed by atoms with Gasteiger partial charge in [-0.1, -0.05) is 0 Å². The molecule has 0 saturated heterocycles. The molecule has 0 aliphatic rings. The number of hydrogen-bond donors (Lipinski definition) is 2. The lowest BCUT2D eigenvalue weighted by Crippen LogP contribution is -2.14. The maximum Gasteiger partial charge on any atom is 0.292 e. The van der Waals surface area contributed by atoms with Crippen LogP contribution in [0.2, 0.25) is 0 Å². The molecule has 1 aromatic rings. The Labute approximate surface area is 106 Å². The molecule has 18 heavy (non-hydrogen) atoms. The number of rotatable bonds is 6. The van der Waals surface area contributed by atoms with Crippen LogP contribution >= 0.6 is 0 Å². The molecule has 0 aromatic heterocycles. The van der Waals surface area contributed by atoms with E-state index in [1.807, 2.05) is 0 Å². The standard InChI is InChI=1S/C10H13N3O4S/c1-18(17)5-4-12-8-6-7(10(11)14)2-3-9(8)13(15)16/h2-3,6,12H,4-5H2,1H3,(H2,11,14). The van der Waals surface area contributed by atoms with Crippen LogP contribution in [-0.4, -0.2) is 33.6 Å². The number of amides is 1. The largest absolute Gasteiger partial charge is 0.379 e. The minimum atomic E-state index is -0.995. The topological polar surface area (TPSA) is 115 Å². The maximum atomic E-state index is 11.0. The van der Waals surface area contributed by atoms with Crippen molar-refractivity contribution in [3.8, 4) is 0 Å². The summed E-state index contributed by atoms with van der Waals surface area (Å²) in [5.41, 5.74) is 5.33. The Morgan fingerprint density at radius 1 is 1.56 bits per heavy atom. The summed E-state index contributed by atoms with van der Waals surface area (Å²) in [5, 5.41) is 13.6. The van der Waals surface area contributed by atoms with Gasteiger partial charge in [-0.25, -0.2) is 0 Å². The van der Waals surface area contributed by atoms with Gasteiger partial charge in [0.15, 0.2) is 0 Å². The molecule has 1 aromatic carbocycles. The van der Waals surface area contributed by atoms with Crippen LogP contribution < -0.4 is 11.1 Å². The molecule has 0 radical (unpaired) electrons. The number of carbonyl (C=O) groups excluding carboxylic acids is 1. The molecule has 0 fully saturated rings. The molecule has 1 rings (SSSR count). The molecule has 98 valence electrons. The smallest absolute Gasteiger partial charge is 0.292 e. The van der Waals surface area contributed by atoms with Gasteiger partial charge in [0.05, 0.1) is 4.92 Å². The summed E-state index contributed by atoms with van der Waals surface area (Å²) in [4.78, 5) is 21.2. The predicted molar refractivity (Wildman–Crippen MR) is 69.0 cm³/mol. The minimum absolute atomic E-state index is 0.151. The summed E-state index contributed by atoms with van der Waals surface area (Å²) in [7, 11) is -0.995. The van der Waals surface area contributed by atoms with Crippen LogP contribution in [0.15, 0.2) is 18.2 Å². The van der Waals surface area contributed by atoms with Crippen LogP contribution in [0.25, 0.3) is 0 Å². The third kappa shape index (κ3) is 3.81. The van der Waals surface area contributed by atoms with Crippen LogP contribution in [0.5, 0.6) is 0 Å². The molecule has 1 unspecified atom stereocenters. The third-order valence-corrected chi connectivity index (χ3v) is 2.96. The van der Waals surface area contributed by atoms with Gasteiger partial charge < -0.3 is 11.1 Å². The molecule has 0 aliphatic heterocycles. The van der Waals surface area contributed by atoms with Gasteiger partial charge >= 0.3 is 0 Å². The summed E-state index contributed by atoms with van der Waals surface area (Å²) in [6.45, 7) is 0.312. The molecular weight excluding hydrogens is 258 g/mol. The van der Waals surface area contributed by atoms with E-state index in [0.29, 0.717) is 12.3 Å². The highest BCUT2D eigenvalue weighted by molar-refractivity contribution is 7.84. The van der Waals surface area contributed by atoms with E-state index >= 15 is 0 Å². The first-order chi connectivity index (χ1) is 8.41. The van der Waals surface area contributed by atoms with E-state index in [1.165, 1.54) is 24.5 Å². The molecule has 7 nitrogen and oxygen atoms in total. The Hall–Kier alpha value is -1.96. The minimum Gasteiger partial charge on any atom is -0.379 e. The third-order valence-electron chi connectivity index (χ3n) is 2.18. The summed E-state index contributed by atoms with van der Waals surface area (Å²) in [5.74, 6) is -0.301. The number of nitro groups is 1. The molecule has 3 N–H and O–H groups in total. The number of primary amides is 1. The van der Waals surface area contributed by atoms with Gasteiger partial charge in [-0.15, -0.1) is 0 Å². The van der Waals surface area contributed by atoms with Crippen LogP contribution in [0.4, 0.5) is 11.4 Å². The lowest BCUT2D eigenvalue weighted by molar-refractivity contribution is -0.384. The average Bonchev–Trinajstić information content (AvgIpc) is 2.27. The van der Waals surface area contributed by atoms with Crippen molar-refractivity contribution in [1.29, 1.82) is 0 Å². The van der Waals surface area contributed by atoms with Crippen molar-refractivity contribution in [1.82, 2.24) is 0 Å². The molecule has 0 heterocycles. The van der Waals surface area contributed by atoms with Gasteiger partial charge in [0.1, 0.15) is 5.69 Å². The number of nitro benzene ring substituents is 1. The Morgan fingerprint density at radius 2 is 2.22 bits per heavy atom. The molecular formula is C10H13N3O4S. The van der Waals surface area contributed by atoms with Crippen molar-refractivity contribution in [2.75, 3.05) is 23.9 Å². The Kier molecular flexibility index (Phi) is 4.78.